The van der Waals surface area contributed by atoms with E-state index in [1.807, 2.05) is 0 Å². The summed E-state index contributed by atoms with van der Waals surface area (Å²) in [5.74, 6) is -0.304. The number of halogens is 2. The van der Waals surface area contributed by atoms with Crippen molar-refractivity contribution in [2.45, 2.75) is 18.9 Å². The van der Waals surface area contributed by atoms with Crippen LogP contribution in [0, 0.1) is 11.7 Å². The van der Waals surface area contributed by atoms with E-state index in [4.69, 9.17) is 10.5 Å². The van der Waals surface area contributed by atoms with Crippen LogP contribution in [0.1, 0.15) is 24.4 Å². The first-order valence-electron chi connectivity index (χ1n) is 5.61. The van der Waals surface area contributed by atoms with Crippen LogP contribution in [-0.4, -0.2) is 18.3 Å². The molecule has 1 aromatic carbocycles. The second-order valence-electron chi connectivity index (χ2n) is 4.27. The summed E-state index contributed by atoms with van der Waals surface area (Å²) in [6.07, 6.45) is 1.74. The second-order valence-corrected chi connectivity index (χ2v) is 5.07. The van der Waals surface area contributed by atoms with Gasteiger partial charge in [0.1, 0.15) is 11.6 Å². The summed E-state index contributed by atoms with van der Waals surface area (Å²) in [5, 5.41) is 9.88. The molecule has 2 rings (SSSR count). The minimum absolute atomic E-state index is 0.0810. The van der Waals surface area contributed by atoms with Crippen LogP contribution in [0.4, 0.5) is 4.39 Å². The molecular weight excluding hydrogens is 289 g/mol. The minimum Gasteiger partial charge on any atom is -0.506 e. The van der Waals surface area contributed by atoms with E-state index in [0.29, 0.717) is 18.8 Å². The molecule has 1 heterocycles. The van der Waals surface area contributed by atoms with Crippen LogP contribution in [0.25, 0.3) is 0 Å². The van der Waals surface area contributed by atoms with Crippen molar-refractivity contribution in [3.8, 4) is 5.75 Å². The standard InChI is InChI=1S/C12H15BrFNO2/c13-10-9(14)2-1-8(12(10)16)11(15)7-3-5-17-6-4-7/h1-2,7,11,16H,3-6,15H2/t11-/m0/s1. The van der Waals surface area contributed by atoms with Crippen molar-refractivity contribution in [2.24, 2.45) is 11.7 Å². The predicted molar refractivity (Wildman–Crippen MR) is 66.2 cm³/mol. The predicted octanol–water partition coefficient (Wildman–Crippen LogP) is 2.72. The Bertz CT molecular complexity index is 408. The van der Waals surface area contributed by atoms with Crippen LogP contribution in [0.15, 0.2) is 16.6 Å². The van der Waals surface area contributed by atoms with Crippen molar-refractivity contribution in [1.82, 2.24) is 0 Å². The maximum Gasteiger partial charge on any atom is 0.141 e. The van der Waals surface area contributed by atoms with Crippen LogP contribution < -0.4 is 5.73 Å². The van der Waals surface area contributed by atoms with Crippen LogP contribution >= 0.6 is 15.9 Å². The van der Waals surface area contributed by atoms with Gasteiger partial charge < -0.3 is 15.6 Å². The van der Waals surface area contributed by atoms with Gasteiger partial charge in [-0.1, -0.05) is 6.07 Å². The van der Waals surface area contributed by atoms with E-state index in [9.17, 15) is 9.50 Å². The summed E-state index contributed by atoms with van der Waals surface area (Å²) < 4.78 is 18.6. The van der Waals surface area contributed by atoms with Crippen molar-refractivity contribution in [3.05, 3.63) is 28.0 Å². The first kappa shape index (κ1) is 12.8. The molecule has 17 heavy (non-hydrogen) atoms. The molecule has 0 saturated carbocycles. The fourth-order valence-electron chi connectivity index (χ4n) is 2.15. The quantitative estimate of drug-likeness (QED) is 0.883. The zero-order valence-electron chi connectivity index (χ0n) is 9.33. The summed E-state index contributed by atoms with van der Waals surface area (Å²) in [4.78, 5) is 0. The van der Waals surface area contributed by atoms with Gasteiger partial charge >= 0.3 is 0 Å². The Hall–Kier alpha value is -0.650. The summed E-state index contributed by atoms with van der Waals surface area (Å²) in [6, 6.07) is 2.59. The van der Waals surface area contributed by atoms with Crippen LogP contribution in [-0.2, 0) is 4.74 Å². The average molecular weight is 304 g/mol. The molecular formula is C12H15BrFNO2. The molecule has 0 amide bonds. The Morgan fingerprint density at radius 2 is 2.06 bits per heavy atom. The Labute approximate surface area is 108 Å². The van der Waals surface area contributed by atoms with Gasteiger partial charge in [0.25, 0.3) is 0 Å². The van der Waals surface area contributed by atoms with E-state index in [0.717, 1.165) is 12.8 Å². The molecule has 1 fully saturated rings. The smallest absolute Gasteiger partial charge is 0.141 e. The summed E-state index contributed by atoms with van der Waals surface area (Å²) >= 11 is 3.02. The van der Waals surface area contributed by atoms with E-state index in [1.165, 1.54) is 6.07 Å². The fourth-order valence-corrected chi connectivity index (χ4v) is 2.51. The number of phenols is 1. The van der Waals surface area contributed by atoms with Crippen LogP contribution in [0.3, 0.4) is 0 Å². The summed E-state index contributed by atoms with van der Waals surface area (Å²) in [6.45, 7) is 1.39. The molecule has 0 radical (unpaired) electrons. The number of phenolic OH excluding ortho intramolecular Hbond substituents is 1. The third kappa shape index (κ3) is 2.61. The van der Waals surface area contributed by atoms with Gasteiger partial charge in [0.2, 0.25) is 0 Å². The average Bonchev–Trinajstić information content (AvgIpc) is 2.36. The molecule has 1 aliphatic heterocycles. The number of hydrogen-bond acceptors (Lipinski definition) is 3. The van der Waals surface area contributed by atoms with E-state index in [-0.39, 0.29) is 22.2 Å². The number of ether oxygens (including phenoxy) is 1. The van der Waals surface area contributed by atoms with Crippen molar-refractivity contribution in [2.75, 3.05) is 13.2 Å². The molecule has 3 N–H and O–H groups in total. The number of hydrogen-bond donors (Lipinski definition) is 2. The largest absolute Gasteiger partial charge is 0.506 e. The molecule has 5 heteroatoms. The van der Waals surface area contributed by atoms with Crippen LogP contribution in [0.5, 0.6) is 5.75 Å². The summed E-state index contributed by atoms with van der Waals surface area (Å²) in [5.41, 5.74) is 6.72. The van der Waals surface area contributed by atoms with E-state index >= 15 is 0 Å². The van der Waals surface area contributed by atoms with Gasteiger partial charge in [-0.15, -0.1) is 0 Å². The van der Waals surface area contributed by atoms with Gasteiger partial charge in [-0.05, 0) is 40.8 Å². The Morgan fingerprint density at radius 1 is 1.41 bits per heavy atom. The van der Waals surface area contributed by atoms with Gasteiger partial charge in [0.15, 0.2) is 0 Å². The van der Waals surface area contributed by atoms with Crippen molar-refractivity contribution in [1.29, 1.82) is 0 Å². The van der Waals surface area contributed by atoms with Gasteiger partial charge in [-0.25, -0.2) is 4.39 Å². The molecule has 0 spiro atoms. The summed E-state index contributed by atoms with van der Waals surface area (Å²) in [7, 11) is 0. The highest BCUT2D eigenvalue weighted by atomic mass is 79.9. The third-order valence-corrected chi connectivity index (χ3v) is 3.99. The number of rotatable bonds is 2. The van der Waals surface area contributed by atoms with Crippen LogP contribution in [0.2, 0.25) is 0 Å². The zero-order valence-corrected chi connectivity index (χ0v) is 10.9. The van der Waals surface area contributed by atoms with Gasteiger partial charge in [0.05, 0.1) is 4.47 Å². The highest BCUT2D eigenvalue weighted by Crippen LogP contribution is 2.37. The minimum atomic E-state index is -0.481. The van der Waals surface area contributed by atoms with E-state index in [1.54, 1.807) is 6.07 Å². The van der Waals surface area contributed by atoms with Crippen molar-refractivity contribution >= 4 is 15.9 Å². The topological polar surface area (TPSA) is 55.5 Å². The molecule has 0 aromatic heterocycles. The van der Waals surface area contributed by atoms with Crippen molar-refractivity contribution in [3.63, 3.8) is 0 Å². The molecule has 1 aliphatic rings. The normalized spacial score (nSPS) is 19.2. The first-order valence-corrected chi connectivity index (χ1v) is 6.40. The molecule has 0 unspecified atom stereocenters. The number of aromatic hydroxyl groups is 1. The number of benzene rings is 1. The lowest BCUT2D eigenvalue weighted by atomic mass is 9.87. The molecule has 1 saturated heterocycles. The molecule has 1 atom stereocenters. The lowest BCUT2D eigenvalue weighted by Gasteiger charge is -2.28. The fraction of sp³-hybridized carbons (Fsp3) is 0.500. The second kappa shape index (κ2) is 5.33. The molecule has 0 aliphatic carbocycles. The number of nitrogens with two attached hydrogens (primary N) is 1. The zero-order chi connectivity index (χ0) is 12.4. The van der Waals surface area contributed by atoms with E-state index < -0.39 is 5.82 Å². The van der Waals surface area contributed by atoms with E-state index in [2.05, 4.69) is 15.9 Å². The maximum atomic E-state index is 13.2. The molecule has 0 bridgehead atoms. The Morgan fingerprint density at radius 3 is 2.71 bits per heavy atom. The Kier molecular flexibility index (Phi) is 4.01. The van der Waals surface area contributed by atoms with Gasteiger partial charge in [-0.2, -0.15) is 0 Å². The molecule has 94 valence electrons. The highest BCUT2D eigenvalue weighted by molar-refractivity contribution is 9.10. The Balaban J connectivity index is 2.24. The maximum absolute atomic E-state index is 13.2. The lowest BCUT2D eigenvalue weighted by Crippen LogP contribution is -2.27. The third-order valence-electron chi connectivity index (χ3n) is 3.23. The molecule has 1 aromatic rings. The monoisotopic (exact) mass is 303 g/mol. The van der Waals surface area contributed by atoms with Gasteiger partial charge in [-0.3, -0.25) is 0 Å². The highest BCUT2D eigenvalue weighted by Gasteiger charge is 2.25. The van der Waals surface area contributed by atoms with Crippen molar-refractivity contribution < 1.29 is 14.2 Å². The lowest BCUT2D eigenvalue weighted by molar-refractivity contribution is 0.0581. The van der Waals surface area contributed by atoms with Gasteiger partial charge in [0, 0.05) is 24.8 Å². The SMILES string of the molecule is N[C@H](c1ccc(F)c(Br)c1O)C1CCOCC1. The first-order chi connectivity index (χ1) is 8.11. The molecule has 3 nitrogen and oxygen atoms in total.